The molecule has 222 valence electrons. The minimum absolute atomic E-state index is 0.107. The molecule has 1 heterocycles. The lowest BCUT2D eigenvalue weighted by Crippen LogP contribution is -2.51. The molecule has 0 aliphatic carbocycles. The summed E-state index contributed by atoms with van der Waals surface area (Å²) in [6.45, 7) is 2.37. The van der Waals surface area contributed by atoms with E-state index < -0.39 is 16.1 Å². The maximum absolute atomic E-state index is 13.4. The molecule has 1 aliphatic rings. The van der Waals surface area contributed by atoms with E-state index in [-0.39, 0.29) is 35.7 Å². The molecular weight excluding hydrogens is 562 g/mol. The first-order valence-corrected chi connectivity index (χ1v) is 15.8. The number of nitrogens with zero attached hydrogens (tertiary/aromatic N) is 1. The molecule has 1 aliphatic heterocycles. The van der Waals surface area contributed by atoms with Gasteiger partial charge in [-0.2, -0.15) is 0 Å². The van der Waals surface area contributed by atoms with E-state index in [9.17, 15) is 18.0 Å². The smallest absolute Gasteiger partial charge is 0.262 e. The van der Waals surface area contributed by atoms with Crippen molar-refractivity contribution in [3.63, 3.8) is 0 Å². The lowest BCUT2D eigenvalue weighted by molar-refractivity contribution is -0.128. The number of fused-ring (bicyclic) bond motifs is 1. The highest BCUT2D eigenvalue weighted by Gasteiger charge is 2.33. The van der Waals surface area contributed by atoms with E-state index in [4.69, 9.17) is 4.74 Å². The van der Waals surface area contributed by atoms with Crippen LogP contribution in [0.5, 0.6) is 5.75 Å². The van der Waals surface area contributed by atoms with Crippen LogP contribution >= 0.6 is 0 Å². The van der Waals surface area contributed by atoms with Crippen molar-refractivity contribution in [2.24, 2.45) is 0 Å². The third kappa shape index (κ3) is 7.68. The Morgan fingerprint density at radius 3 is 2.19 bits per heavy atom. The Kier molecular flexibility index (Phi) is 9.54. The number of ether oxygens (including phenoxy) is 1. The average Bonchev–Trinajstić information content (AvgIpc) is 3.04. The number of hydrogen-bond donors (Lipinski definition) is 2. The van der Waals surface area contributed by atoms with E-state index in [0.29, 0.717) is 30.8 Å². The largest absolute Gasteiger partial charge is 0.477 e. The molecule has 8 nitrogen and oxygen atoms in total. The number of aryl methyl sites for hydroxylation is 1. The lowest BCUT2D eigenvalue weighted by Gasteiger charge is -2.34. The van der Waals surface area contributed by atoms with E-state index in [1.54, 1.807) is 48.2 Å². The summed E-state index contributed by atoms with van der Waals surface area (Å²) in [4.78, 5) is 28.2. The Morgan fingerprint density at radius 2 is 1.47 bits per heavy atom. The first-order valence-electron chi connectivity index (χ1n) is 14.3. The second-order valence-corrected chi connectivity index (χ2v) is 12.2. The Morgan fingerprint density at radius 1 is 0.837 bits per heavy atom. The van der Waals surface area contributed by atoms with E-state index >= 15 is 0 Å². The van der Waals surface area contributed by atoms with E-state index in [1.165, 1.54) is 0 Å². The molecule has 4 aromatic carbocycles. The third-order valence-corrected chi connectivity index (χ3v) is 8.97. The van der Waals surface area contributed by atoms with Crippen LogP contribution in [-0.2, 0) is 32.5 Å². The van der Waals surface area contributed by atoms with Crippen LogP contribution in [0.3, 0.4) is 0 Å². The summed E-state index contributed by atoms with van der Waals surface area (Å²) in [5.74, 6) is 0.0696. The number of para-hydroxylation sites is 2. The predicted octanol–water partition coefficient (Wildman–Crippen LogP) is 4.81. The molecule has 0 saturated carbocycles. The minimum atomic E-state index is -3.72. The standard InChI is InChI=1S/C34H35N3O5S/c1-25(28-12-6-3-7-13-28)36-43(40,41)29-19-16-27(17-20-29)18-21-33(38)37-24-32(42-31-15-9-8-14-30(31)37)34(39)35-23-22-26-10-4-2-5-11-26/h2-17,19-20,25,32,36H,18,21-24H2,1H3,(H,35,39)/t25-,32-/m1/s1. The van der Waals surface area contributed by atoms with Crippen LogP contribution in [0.15, 0.2) is 114 Å². The summed E-state index contributed by atoms with van der Waals surface area (Å²) in [5, 5.41) is 2.93. The van der Waals surface area contributed by atoms with Gasteiger partial charge in [0.15, 0.2) is 6.10 Å². The number of anilines is 1. The third-order valence-electron chi connectivity index (χ3n) is 7.42. The summed E-state index contributed by atoms with van der Waals surface area (Å²) < 4.78 is 34.5. The lowest BCUT2D eigenvalue weighted by atomic mass is 10.1. The highest BCUT2D eigenvalue weighted by atomic mass is 32.2. The summed E-state index contributed by atoms with van der Waals surface area (Å²) in [7, 11) is -3.72. The van der Waals surface area contributed by atoms with Crippen LogP contribution in [0.25, 0.3) is 0 Å². The van der Waals surface area contributed by atoms with Crippen LogP contribution in [0.4, 0.5) is 5.69 Å². The number of hydrogen-bond acceptors (Lipinski definition) is 5. The van der Waals surface area contributed by atoms with E-state index in [1.807, 2.05) is 72.8 Å². The molecule has 2 atom stereocenters. The van der Waals surface area contributed by atoms with Crippen molar-refractivity contribution in [1.82, 2.24) is 10.0 Å². The van der Waals surface area contributed by atoms with Crippen molar-refractivity contribution in [1.29, 1.82) is 0 Å². The Labute approximate surface area is 252 Å². The monoisotopic (exact) mass is 597 g/mol. The molecule has 5 rings (SSSR count). The van der Waals surface area contributed by atoms with Gasteiger partial charge < -0.3 is 15.0 Å². The number of sulfonamides is 1. The Balaban J connectivity index is 1.18. The average molecular weight is 598 g/mol. The van der Waals surface area contributed by atoms with E-state index in [2.05, 4.69) is 10.0 Å². The van der Waals surface area contributed by atoms with Gasteiger partial charge in [-0.1, -0.05) is 84.9 Å². The molecule has 0 fully saturated rings. The number of nitrogens with one attached hydrogen (secondary N) is 2. The molecule has 0 unspecified atom stereocenters. The van der Waals surface area contributed by atoms with Crippen molar-refractivity contribution in [3.8, 4) is 5.75 Å². The molecule has 2 N–H and O–H groups in total. The Hall–Kier alpha value is -4.47. The maximum atomic E-state index is 13.4. The first-order chi connectivity index (χ1) is 20.8. The van der Waals surface area contributed by atoms with Gasteiger partial charge in [-0.25, -0.2) is 13.1 Å². The van der Waals surface area contributed by atoms with Gasteiger partial charge in [-0.3, -0.25) is 9.59 Å². The van der Waals surface area contributed by atoms with Crippen LogP contribution in [0.2, 0.25) is 0 Å². The van der Waals surface area contributed by atoms with Gasteiger partial charge in [0.2, 0.25) is 15.9 Å². The second-order valence-electron chi connectivity index (χ2n) is 10.5. The van der Waals surface area contributed by atoms with Crippen molar-refractivity contribution in [3.05, 3.63) is 126 Å². The van der Waals surface area contributed by atoms with Gasteiger partial charge in [0.1, 0.15) is 5.75 Å². The van der Waals surface area contributed by atoms with Crippen LogP contribution < -0.4 is 19.7 Å². The van der Waals surface area contributed by atoms with Gasteiger partial charge in [0.05, 0.1) is 17.1 Å². The Bertz CT molecular complexity index is 1640. The molecule has 43 heavy (non-hydrogen) atoms. The normalized spacial score (nSPS) is 15.2. The van der Waals surface area contributed by atoms with Gasteiger partial charge in [-0.05, 0) is 60.7 Å². The first kappa shape index (κ1) is 30.0. The van der Waals surface area contributed by atoms with Gasteiger partial charge in [-0.15, -0.1) is 0 Å². The van der Waals surface area contributed by atoms with Crippen LogP contribution in [0, 0.1) is 0 Å². The van der Waals surface area contributed by atoms with Gasteiger partial charge in [0.25, 0.3) is 5.91 Å². The molecular formula is C34H35N3O5S. The molecule has 0 aromatic heterocycles. The fourth-order valence-corrected chi connectivity index (χ4v) is 6.26. The maximum Gasteiger partial charge on any atom is 0.262 e. The van der Waals surface area contributed by atoms with Gasteiger partial charge in [0, 0.05) is 19.0 Å². The number of benzene rings is 4. The van der Waals surface area contributed by atoms with E-state index in [0.717, 1.165) is 16.7 Å². The summed E-state index contributed by atoms with van der Waals surface area (Å²) >= 11 is 0. The second kappa shape index (κ2) is 13.7. The zero-order valence-electron chi connectivity index (χ0n) is 24.0. The summed E-state index contributed by atoms with van der Waals surface area (Å²) in [5.41, 5.74) is 3.46. The molecule has 2 amide bonds. The molecule has 0 radical (unpaired) electrons. The minimum Gasteiger partial charge on any atom is -0.477 e. The fourth-order valence-electron chi connectivity index (χ4n) is 5.03. The molecule has 0 spiro atoms. The topological polar surface area (TPSA) is 105 Å². The number of carbonyl (C=O) groups is 2. The van der Waals surface area contributed by atoms with Crippen molar-refractivity contribution in [2.45, 2.75) is 43.2 Å². The van der Waals surface area contributed by atoms with Crippen molar-refractivity contribution < 1.29 is 22.7 Å². The van der Waals surface area contributed by atoms with Gasteiger partial charge >= 0.3 is 0 Å². The SMILES string of the molecule is C[C@@H](NS(=O)(=O)c1ccc(CCC(=O)N2C[C@H](C(=O)NCCc3ccccc3)Oc3ccccc32)cc1)c1ccccc1. The van der Waals surface area contributed by atoms with Crippen molar-refractivity contribution in [2.75, 3.05) is 18.0 Å². The molecule has 0 bridgehead atoms. The zero-order valence-corrected chi connectivity index (χ0v) is 24.8. The fraction of sp³-hybridized carbons (Fsp3) is 0.235. The number of carbonyl (C=O) groups excluding carboxylic acids is 2. The molecule has 0 saturated heterocycles. The van der Waals surface area contributed by atoms with Crippen LogP contribution in [-0.4, -0.2) is 39.4 Å². The van der Waals surface area contributed by atoms with Crippen LogP contribution in [0.1, 0.15) is 36.1 Å². The number of rotatable bonds is 11. The predicted molar refractivity (Wildman–Crippen MR) is 166 cm³/mol. The summed E-state index contributed by atoms with van der Waals surface area (Å²) in [6.07, 6.45) is 0.470. The van der Waals surface area contributed by atoms with Crippen molar-refractivity contribution >= 4 is 27.5 Å². The highest BCUT2D eigenvalue weighted by Crippen LogP contribution is 2.33. The molecule has 9 heteroatoms. The highest BCUT2D eigenvalue weighted by molar-refractivity contribution is 7.89. The quantitative estimate of drug-likeness (QED) is 0.258. The summed E-state index contributed by atoms with van der Waals surface area (Å²) in [6, 6.07) is 32.6. The zero-order chi connectivity index (χ0) is 30.2. The molecule has 4 aromatic rings. The number of amides is 2.